The van der Waals surface area contributed by atoms with Crippen molar-refractivity contribution in [3.8, 4) is 0 Å². The van der Waals surface area contributed by atoms with Crippen LogP contribution in [0.3, 0.4) is 0 Å². The van der Waals surface area contributed by atoms with E-state index in [0.29, 0.717) is 11.1 Å². The van der Waals surface area contributed by atoms with Gasteiger partial charge in [0.25, 0.3) is 5.69 Å². The first-order chi connectivity index (χ1) is 20.3. The third kappa shape index (κ3) is 7.20. The molecule has 2 aromatic rings. The van der Waals surface area contributed by atoms with Gasteiger partial charge in [0.1, 0.15) is 29.7 Å². The number of alkyl carbamates (subject to hydrolysis) is 1. The van der Waals surface area contributed by atoms with Crippen LogP contribution in [0.4, 0.5) is 10.5 Å². The smallest absolute Gasteiger partial charge is 0.408 e. The zero-order chi connectivity index (χ0) is 31.5. The number of nitrogens with zero attached hydrogens (tertiary/aromatic N) is 2. The van der Waals surface area contributed by atoms with E-state index in [1.165, 1.54) is 41.5 Å². The van der Waals surface area contributed by atoms with Crippen molar-refractivity contribution in [3.05, 3.63) is 86.8 Å². The molecule has 13 nitrogen and oxygen atoms in total. The highest BCUT2D eigenvalue weighted by Crippen LogP contribution is 2.41. The Hall–Kier alpha value is -4.72. The maximum absolute atomic E-state index is 13.4. The van der Waals surface area contributed by atoms with Gasteiger partial charge in [-0.05, 0) is 56.4 Å². The molecule has 0 bridgehead atoms. The third-order valence-electron chi connectivity index (χ3n) is 6.50. The normalized spacial score (nSPS) is 20.0. The van der Waals surface area contributed by atoms with Crippen LogP contribution in [0, 0.1) is 10.1 Å². The van der Waals surface area contributed by atoms with E-state index in [-0.39, 0.29) is 17.9 Å². The lowest BCUT2D eigenvalue weighted by molar-refractivity contribution is -0.384. The number of rotatable bonds is 9. The number of Topliss-reactive ketones (excluding diaryl/α,β-unsaturated/α-hetero) is 1. The molecule has 0 spiro atoms. The van der Waals surface area contributed by atoms with E-state index in [9.17, 15) is 34.1 Å². The first-order valence-corrected chi connectivity index (χ1v) is 14.1. The number of nitrogens with one attached hydrogen (secondary N) is 2. The minimum atomic E-state index is -1.34. The lowest BCUT2D eigenvalue weighted by Gasteiger charge is -2.51. The van der Waals surface area contributed by atoms with Gasteiger partial charge in [-0.25, -0.2) is 9.59 Å². The zero-order valence-corrected chi connectivity index (χ0v) is 24.6. The quantitative estimate of drug-likeness (QED) is 0.186. The van der Waals surface area contributed by atoms with Gasteiger partial charge in [-0.3, -0.25) is 24.5 Å². The van der Waals surface area contributed by atoms with Crippen LogP contribution < -0.4 is 10.6 Å². The average molecular weight is 611 g/mol. The van der Waals surface area contributed by atoms with E-state index in [1.807, 2.05) is 0 Å². The molecule has 4 rings (SSSR count). The van der Waals surface area contributed by atoms with Crippen molar-refractivity contribution in [3.63, 3.8) is 0 Å². The standard InChI is InChI=1S/C29H30N4O9S/c1-16(34)20-15-43-26-22(30-24(35)21(18-8-6-5-7-9-18)31-28(38)42-29(2,3)4)25(36)32(26)23(20)27(37)41-14-17-10-12-19(13-11-17)33(39)40/h5-13,15,21-23,26H,14H2,1-4H3,(H,30,35)(H,31,38)/t21?,22?,23?,26-/m0/s1. The number of esters is 1. The second-order valence-electron chi connectivity index (χ2n) is 10.8. The van der Waals surface area contributed by atoms with Crippen molar-refractivity contribution in [2.45, 2.75) is 63.4 Å². The number of ether oxygens (including phenoxy) is 2. The molecule has 2 aliphatic rings. The Kier molecular flexibility index (Phi) is 9.19. The minimum absolute atomic E-state index is 0.0573. The summed E-state index contributed by atoms with van der Waals surface area (Å²) >= 11 is 1.10. The number of thioether (sulfide) groups is 1. The number of carbonyl (C=O) groups excluding carboxylic acids is 5. The summed E-state index contributed by atoms with van der Waals surface area (Å²) < 4.78 is 10.7. The fourth-order valence-corrected chi connectivity index (χ4v) is 5.75. The summed E-state index contributed by atoms with van der Waals surface area (Å²) in [5.74, 6) is -2.58. The molecule has 3 unspecified atom stereocenters. The monoisotopic (exact) mass is 610 g/mol. The second-order valence-corrected chi connectivity index (χ2v) is 11.8. The van der Waals surface area contributed by atoms with Crippen LogP contribution in [0.2, 0.25) is 0 Å². The predicted octanol–water partition coefficient (Wildman–Crippen LogP) is 3.15. The topological polar surface area (TPSA) is 174 Å². The molecular weight excluding hydrogens is 580 g/mol. The summed E-state index contributed by atoms with van der Waals surface area (Å²) in [6.45, 7) is 6.07. The molecule has 2 aromatic carbocycles. The van der Waals surface area contributed by atoms with Gasteiger partial charge >= 0.3 is 12.1 Å². The van der Waals surface area contributed by atoms with Crippen molar-refractivity contribution in [1.82, 2.24) is 15.5 Å². The maximum Gasteiger partial charge on any atom is 0.408 e. The molecule has 14 heteroatoms. The van der Waals surface area contributed by atoms with Crippen molar-refractivity contribution >= 4 is 47.1 Å². The van der Waals surface area contributed by atoms with E-state index in [4.69, 9.17) is 9.47 Å². The summed E-state index contributed by atoms with van der Waals surface area (Å²) in [4.78, 5) is 76.3. The van der Waals surface area contributed by atoms with Crippen molar-refractivity contribution in [1.29, 1.82) is 0 Å². The Bertz CT molecular complexity index is 1470. The average Bonchev–Trinajstić information content (AvgIpc) is 2.96. The highest BCUT2D eigenvalue weighted by Gasteiger charge is 2.57. The molecule has 226 valence electrons. The van der Waals surface area contributed by atoms with E-state index in [2.05, 4.69) is 10.6 Å². The van der Waals surface area contributed by atoms with Gasteiger partial charge in [-0.15, -0.1) is 11.8 Å². The van der Waals surface area contributed by atoms with Crippen LogP contribution in [0.1, 0.15) is 44.9 Å². The summed E-state index contributed by atoms with van der Waals surface area (Å²) in [6.07, 6.45) is -0.824. The highest BCUT2D eigenvalue weighted by atomic mass is 32.2. The van der Waals surface area contributed by atoms with E-state index in [0.717, 1.165) is 11.8 Å². The number of carbonyl (C=O) groups is 5. The second kappa shape index (κ2) is 12.7. The van der Waals surface area contributed by atoms with Crippen molar-refractivity contribution in [2.24, 2.45) is 0 Å². The Morgan fingerprint density at radius 2 is 1.72 bits per heavy atom. The third-order valence-corrected chi connectivity index (χ3v) is 7.67. The number of amides is 3. The van der Waals surface area contributed by atoms with E-state index < -0.39 is 63.7 Å². The number of benzene rings is 2. The number of β-lactam (4-membered cyclic amide) rings is 1. The van der Waals surface area contributed by atoms with Crippen LogP contribution in [0.5, 0.6) is 0 Å². The molecule has 2 N–H and O–H groups in total. The highest BCUT2D eigenvalue weighted by molar-refractivity contribution is 8.03. The molecule has 2 heterocycles. The van der Waals surface area contributed by atoms with Gasteiger partial charge in [-0.1, -0.05) is 30.3 Å². The van der Waals surface area contributed by atoms with Gasteiger partial charge in [0.15, 0.2) is 11.8 Å². The number of nitro groups is 1. The number of fused-ring (bicyclic) bond motifs is 1. The van der Waals surface area contributed by atoms with Crippen LogP contribution >= 0.6 is 11.8 Å². The lowest BCUT2D eigenvalue weighted by Crippen LogP contribution is -2.74. The fraction of sp³-hybridized carbons (Fsp3) is 0.345. The molecule has 0 saturated carbocycles. The van der Waals surface area contributed by atoms with Gasteiger partial charge in [0.05, 0.1) is 4.92 Å². The molecule has 0 aromatic heterocycles. The largest absolute Gasteiger partial charge is 0.459 e. The summed E-state index contributed by atoms with van der Waals surface area (Å²) in [5.41, 5.74) is 0.0464. The Labute approximate surface area is 251 Å². The number of hydrogen-bond acceptors (Lipinski definition) is 10. The van der Waals surface area contributed by atoms with Gasteiger partial charge < -0.3 is 25.0 Å². The molecule has 3 amide bonds. The van der Waals surface area contributed by atoms with Gasteiger partial charge in [-0.2, -0.15) is 0 Å². The Morgan fingerprint density at radius 3 is 2.30 bits per heavy atom. The molecule has 0 radical (unpaired) electrons. The van der Waals surface area contributed by atoms with Gasteiger partial charge in [0, 0.05) is 17.7 Å². The number of non-ortho nitro benzene ring substituents is 1. The molecule has 0 aliphatic carbocycles. The summed E-state index contributed by atoms with van der Waals surface area (Å²) in [7, 11) is 0. The van der Waals surface area contributed by atoms with Crippen LogP contribution in [-0.4, -0.2) is 62.5 Å². The molecule has 4 atom stereocenters. The molecule has 2 aliphatic heterocycles. The van der Waals surface area contributed by atoms with E-state index in [1.54, 1.807) is 51.1 Å². The number of hydrogen-bond donors (Lipinski definition) is 2. The van der Waals surface area contributed by atoms with Crippen LogP contribution in [0.15, 0.2) is 65.6 Å². The SMILES string of the molecule is CC(=O)C1=CS[C@H]2C(NC(=O)C(NC(=O)OC(C)(C)C)c3ccccc3)C(=O)N2C1C(=O)OCc1ccc([N+](=O)[O-])cc1. The molecular formula is C29H30N4O9S. The summed E-state index contributed by atoms with van der Waals surface area (Å²) in [5, 5.41) is 16.8. The minimum Gasteiger partial charge on any atom is -0.459 e. The molecule has 43 heavy (non-hydrogen) atoms. The predicted molar refractivity (Wildman–Crippen MR) is 154 cm³/mol. The first-order valence-electron chi connectivity index (χ1n) is 13.2. The van der Waals surface area contributed by atoms with Crippen molar-refractivity contribution < 1.29 is 38.4 Å². The van der Waals surface area contributed by atoms with E-state index >= 15 is 0 Å². The Balaban J connectivity index is 1.48. The first kappa shape index (κ1) is 31.2. The van der Waals surface area contributed by atoms with Gasteiger partial charge in [0.2, 0.25) is 11.8 Å². The lowest BCUT2D eigenvalue weighted by atomic mass is 9.95. The molecule has 1 saturated heterocycles. The van der Waals surface area contributed by atoms with Crippen molar-refractivity contribution in [2.75, 3.05) is 0 Å². The fourth-order valence-electron chi connectivity index (χ4n) is 4.47. The Morgan fingerprint density at radius 1 is 1.07 bits per heavy atom. The number of nitro benzene ring substituents is 1. The zero-order valence-electron chi connectivity index (χ0n) is 23.8. The van der Waals surface area contributed by atoms with Crippen LogP contribution in [-0.2, 0) is 35.3 Å². The molecule has 1 fully saturated rings. The number of ketones is 1. The summed E-state index contributed by atoms with van der Waals surface area (Å²) in [6, 6.07) is 10.2. The maximum atomic E-state index is 13.4. The van der Waals surface area contributed by atoms with Crippen LogP contribution in [0.25, 0.3) is 0 Å².